The highest BCUT2D eigenvalue weighted by Gasteiger charge is 2.35. The summed E-state index contributed by atoms with van der Waals surface area (Å²) in [7, 11) is 1.52. The number of rotatable bonds is 8. The number of hydrogen-bond donors (Lipinski definition) is 2. The molecule has 1 amide bonds. The van der Waals surface area contributed by atoms with Crippen LogP contribution in [-0.2, 0) is 14.3 Å². The number of benzene rings is 1. The van der Waals surface area contributed by atoms with Gasteiger partial charge in [0, 0.05) is 19.2 Å². The third-order valence-electron chi connectivity index (χ3n) is 4.30. The lowest BCUT2D eigenvalue weighted by molar-refractivity contribution is -0.140. The van der Waals surface area contributed by atoms with Crippen molar-refractivity contribution in [1.29, 1.82) is 0 Å². The number of nitrogens with one attached hydrogen (secondary N) is 1. The van der Waals surface area contributed by atoms with E-state index < -0.39 is 12.1 Å². The Morgan fingerprint density at radius 3 is 2.52 bits per heavy atom. The van der Waals surface area contributed by atoms with Crippen LogP contribution in [0.4, 0.5) is 0 Å². The van der Waals surface area contributed by atoms with Crippen molar-refractivity contribution in [2.45, 2.75) is 38.0 Å². The largest absolute Gasteiger partial charge is 0.480 e. The highest BCUT2D eigenvalue weighted by Crippen LogP contribution is 2.26. The first-order valence-corrected chi connectivity index (χ1v) is 7.89. The smallest absolute Gasteiger partial charge is 0.317 e. The van der Waals surface area contributed by atoms with E-state index in [0.29, 0.717) is 6.54 Å². The predicted octanol–water partition coefficient (Wildman–Crippen LogP) is 1.43. The molecule has 0 spiro atoms. The number of carboxylic acids is 1. The minimum Gasteiger partial charge on any atom is -0.480 e. The van der Waals surface area contributed by atoms with Crippen LogP contribution in [0, 0.1) is 0 Å². The van der Waals surface area contributed by atoms with E-state index in [-0.39, 0.29) is 24.5 Å². The van der Waals surface area contributed by atoms with Crippen LogP contribution in [0.5, 0.6) is 0 Å². The fourth-order valence-electron chi connectivity index (χ4n) is 2.98. The van der Waals surface area contributed by atoms with Gasteiger partial charge in [-0.2, -0.15) is 0 Å². The van der Waals surface area contributed by atoms with Gasteiger partial charge in [-0.3, -0.25) is 14.5 Å². The van der Waals surface area contributed by atoms with Gasteiger partial charge in [-0.1, -0.05) is 37.3 Å². The second-order valence-electron chi connectivity index (χ2n) is 5.81. The molecule has 2 rings (SSSR count). The first-order chi connectivity index (χ1) is 11.0. The Morgan fingerprint density at radius 1 is 1.35 bits per heavy atom. The van der Waals surface area contributed by atoms with Crippen molar-refractivity contribution in [2.75, 3.05) is 20.2 Å². The average molecular weight is 320 g/mol. The number of methoxy groups -OCH3 is 1. The van der Waals surface area contributed by atoms with Crippen molar-refractivity contribution in [3.63, 3.8) is 0 Å². The van der Waals surface area contributed by atoms with Gasteiger partial charge in [-0.25, -0.2) is 0 Å². The van der Waals surface area contributed by atoms with Crippen molar-refractivity contribution in [2.24, 2.45) is 0 Å². The molecule has 6 nitrogen and oxygen atoms in total. The molecule has 23 heavy (non-hydrogen) atoms. The Kier molecular flexibility index (Phi) is 6.12. The Labute approximate surface area is 136 Å². The topological polar surface area (TPSA) is 78.9 Å². The lowest BCUT2D eigenvalue weighted by Crippen LogP contribution is -2.55. The normalized spacial score (nSPS) is 21.5. The van der Waals surface area contributed by atoms with Crippen LogP contribution in [0.25, 0.3) is 0 Å². The summed E-state index contributed by atoms with van der Waals surface area (Å²) in [6.07, 6.45) is 0.937. The number of carbonyl (C=O) groups is 2. The van der Waals surface area contributed by atoms with Gasteiger partial charge >= 0.3 is 5.97 Å². The summed E-state index contributed by atoms with van der Waals surface area (Å²) in [5.41, 5.74) is 0.824. The number of likely N-dealkylation sites (N-methyl/N-ethyl adjacent to an activating group) is 1. The quantitative estimate of drug-likeness (QED) is 0.757. The zero-order valence-electron chi connectivity index (χ0n) is 13.6. The molecule has 1 atom stereocenters. The maximum Gasteiger partial charge on any atom is 0.317 e. The summed E-state index contributed by atoms with van der Waals surface area (Å²) < 4.78 is 5.32. The molecule has 1 aromatic carbocycles. The second kappa shape index (κ2) is 8.08. The molecule has 1 aromatic rings. The number of hydrogen-bond acceptors (Lipinski definition) is 4. The van der Waals surface area contributed by atoms with E-state index in [4.69, 9.17) is 9.84 Å². The molecule has 1 aliphatic carbocycles. The van der Waals surface area contributed by atoms with Crippen LogP contribution in [0.1, 0.15) is 31.4 Å². The number of aliphatic carboxylic acids is 1. The molecule has 6 heteroatoms. The molecule has 0 bridgehead atoms. The van der Waals surface area contributed by atoms with E-state index in [1.165, 1.54) is 7.11 Å². The van der Waals surface area contributed by atoms with E-state index >= 15 is 0 Å². The Morgan fingerprint density at radius 2 is 2.00 bits per heavy atom. The van der Waals surface area contributed by atoms with Crippen molar-refractivity contribution in [3.05, 3.63) is 35.9 Å². The molecule has 126 valence electrons. The van der Waals surface area contributed by atoms with Gasteiger partial charge in [0.1, 0.15) is 0 Å². The highest BCUT2D eigenvalue weighted by molar-refractivity contribution is 5.82. The lowest BCUT2D eigenvalue weighted by Gasteiger charge is -2.42. The molecule has 1 saturated carbocycles. The maximum atomic E-state index is 12.4. The molecule has 1 unspecified atom stereocenters. The average Bonchev–Trinajstić information content (AvgIpc) is 2.50. The van der Waals surface area contributed by atoms with Crippen molar-refractivity contribution in [3.8, 4) is 0 Å². The van der Waals surface area contributed by atoms with E-state index in [9.17, 15) is 9.59 Å². The standard InChI is InChI=1S/C17H24N2O4/c1-3-19(11-15(20)21)14-9-13(10-14)18-17(22)16(23-2)12-7-5-4-6-8-12/h4-8,13-14,16H,3,9-11H2,1-2H3,(H,18,22)(H,20,21). The van der Waals surface area contributed by atoms with Crippen LogP contribution in [0.3, 0.4) is 0 Å². The zero-order valence-corrected chi connectivity index (χ0v) is 13.6. The summed E-state index contributed by atoms with van der Waals surface area (Å²) in [5, 5.41) is 11.9. The van der Waals surface area contributed by atoms with E-state index in [0.717, 1.165) is 18.4 Å². The SMILES string of the molecule is CCN(CC(=O)O)C1CC(NC(=O)C(OC)c2ccccc2)C1. The molecule has 2 N–H and O–H groups in total. The molecule has 1 aliphatic rings. The Bertz CT molecular complexity index is 529. The Balaban J connectivity index is 1.84. The highest BCUT2D eigenvalue weighted by atomic mass is 16.5. The van der Waals surface area contributed by atoms with Gasteiger partial charge in [0.2, 0.25) is 0 Å². The molecule has 1 fully saturated rings. The first-order valence-electron chi connectivity index (χ1n) is 7.89. The van der Waals surface area contributed by atoms with Gasteiger partial charge in [0.15, 0.2) is 6.10 Å². The molecule has 0 aliphatic heterocycles. The van der Waals surface area contributed by atoms with Gasteiger partial charge in [-0.15, -0.1) is 0 Å². The van der Waals surface area contributed by atoms with E-state index in [1.807, 2.05) is 42.2 Å². The predicted molar refractivity (Wildman–Crippen MR) is 86.0 cm³/mol. The molecule has 0 saturated heterocycles. The summed E-state index contributed by atoms with van der Waals surface area (Å²) in [4.78, 5) is 25.1. The van der Waals surface area contributed by atoms with E-state index in [1.54, 1.807) is 0 Å². The number of ether oxygens (including phenoxy) is 1. The van der Waals surface area contributed by atoms with Gasteiger partial charge in [0.25, 0.3) is 5.91 Å². The van der Waals surface area contributed by atoms with Crippen LogP contribution in [0.2, 0.25) is 0 Å². The van der Waals surface area contributed by atoms with Gasteiger partial charge < -0.3 is 15.2 Å². The van der Waals surface area contributed by atoms with Gasteiger partial charge in [0.05, 0.1) is 6.54 Å². The van der Waals surface area contributed by atoms with E-state index in [2.05, 4.69) is 5.32 Å². The van der Waals surface area contributed by atoms with Crippen LogP contribution < -0.4 is 5.32 Å². The van der Waals surface area contributed by atoms with Crippen molar-refractivity contribution in [1.82, 2.24) is 10.2 Å². The number of amides is 1. The number of nitrogens with zero attached hydrogens (tertiary/aromatic N) is 1. The zero-order chi connectivity index (χ0) is 16.8. The summed E-state index contributed by atoms with van der Waals surface area (Å²) >= 11 is 0. The molecule has 0 heterocycles. The lowest BCUT2D eigenvalue weighted by atomic mass is 9.85. The first kappa shape index (κ1) is 17.4. The molecule has 0 aromatic heterocycles. The van der Waals surface area contributed by atoms with Crippen LogP contribution in [-0.4, -0.2) is 54.2 Å². The third kappa shape index (κ3) is 4.53. The summed E-state index contributed by atoms with van der Waals surface area (Å²) in [6, 6.07) is 9.67. The van der Waals surface area contributed by atoms with Crippen molar-refractivity contribution >= 4 is 11.9 Å². The molecular weight excluding hydrogens is 296 g/mol. The molecule has 0 radical (unpaired) electrons. The summed E-state index contributed by atoms with van der Waals surface area (Å²) in [5.74, 6) is -0.966. The monoisotopic (exact) mass is 320 g/mol. The number of carboxylic acid groups (broad SMARTS) is 1. The fraction of sp³-hybridized carbons (Fsp3) is 0.529. The second-order valence-corrected chi connectivity index (χ2v) is 5.81. The maximum absolute atomic E-state index is 12.4. The van der Waals surface area contributed by atoms with Crippen LogP contribution in [0.15, 0.2) is 30.3 Å². The number of carbonyl (C=O) groups excluding carboxylic acids is 1. The van der Waals surface area contributed by atoms with Gasteiger partial charge in [-0.05, 0) is 24.9 Å². The minimum atomic E-state index is -0.817. The minimum absolute atomic E-state index is 0.0482. The summed E-state index contributed by atoms with van der Waals surface area (Å²) in [6.45, 7) is 2.69. The molecular formula is C17H24N2O4. The third-order valence-corrected chi connectivity index (χ3v) is 4.30. The van der Waals surface area contributed by atoms with Crippen molar-refractivity contribution < 1.29 is 19.4 Å². The van der Waals surface area contributed by atoms with Crippen LogP contribution >= 0.6 is 0 Å². The fourth-order valence-corrected chi connectivity index (χ4v) is 2.98. The Hall–Kier alpha value is -1.92.